The van der Waals surface area contributed by atoms with Crippen molar-refractivity contribution in [2.24, 2.45) is 5.92 Å². The number of rotatable bonds is 6. The average Bonchev–Trinajstić information content (AvgIpc) is 3.22. The highest BCUT2D eigenvalue weighted by Crippen LogP contribution is 2.33. The van der Waals surface area contributed by atoms with E-state index in [1.165, 1.54) is 11.8 Å². The molecule has 2 N–H and O–H groups in total. The zero-order valence-electron chi connectivity index (χ0n) is 11.0. The van der Waals surface area contributed by atoms with Crippen LogP contribution in [0.5, 0.6) is 0 Å². The monoisotopic (exact) mass is 313 g/mol. The van der Waals surface area contributed by atoms with Gasteiger partial charge in [-0.25, -0.2) is 4.79 Å². The number of hydrogen-bond donors (Lipinski definition) is 2. The number of halogens is 1. The number of thioether (sulfide) groups is 1. The average molecular weight is 314 g/mol. The Bertz CT molecular complexity index is 502. The molecule has 0 saturated heterocycles. The smallest absolute Gasteiger partial charge is 0.326 e. The van der Waals surface area contributed by atoms with Crippen LogP contribution >= 0.6 is 23.4 Å². The third-order valence-electron chi connectivity index (χ3n) is 3.15. The van der Waals surface area contributed by atoms with Crippen LogP contribution in [0.1, 0.15) is 19.8 Å². The third kappa shape index (κ3) is 4.15. The van der Waals surface area contributed by atoms with E-state index in [2.05, 4.69) is 5.32 Å². The van der Waals surface area contributed by atoms with E-state index in [0.29, 0.717) is 5.02 Å². The van der Waals surface area contributed by atoms with E-state index < -0.39 is 12.0 Å². The van der Waals surface area contributed by atoms with Crippen molar-refractivity contribution in [2.45, 2.75) is 36.0 Å². The predicted octanol–water partition coefficient (Wildman–Crippen LogP) is 2.80. The Kier molecular flexibility index (Phi) is 4.94. The van der Waals surface area contributed by atoms with Crippen LogP contribution in [-0.2, 0) is 9.59 Å². The van der Waals surface area contributed by atoms with Crippen LogP contribution < -0.4 is 5.32 Å². The van der Waals surface area contributed by atoms with Crippen LogP contribution in [-0.4, -0.2) is 28.3 Å². The highest BCUT2D eigenvalue weighted by molar-refractivity contribution is 8.00. The van der Waals surface area contributed by atoms with Gasteiger partial charge in [0.25, 0.3) is 0 Å². The lowest BCUT2D eigenvalue weighted by Gasteiger charge is -2.17. The lowest BCUT2D eigenvalue weighted by atomic mass is 10.2. The molecule has 1 aromatic carbocycles. The predicted molar refractivity (Wildman–Crippen MR) is 79.1 cm³/mol. The van der Waals surface area contributed by atoms with Crippen molar-refractivity contribution in [3.05, 3.63) is 29.3 Å². The van der Waals surface area contributed by atoms with Gasteiger partial charge in [-0.2, -0.15) is 0 Å². The molecule has 0 radical (unpaired) electrons. The number of benzene rings is 1. The minimum absolute atomic E-state index is 0.0872. The van der Waals surface area contributed by atoms with E-state index >= 15 is 0 Å². The van der Waals surface area contributed by atoms with Crippen molar-refractivity contribution in [3.63, 3.8) is 0 Å². The van der Waals surface area contributed by atoms with Crippen molar-refractivity contribution in [3.8, 4) is 0 Å². The van der Waals surface area contributed by atoms with E-state index in [4.69, 9.17) is 16.7 Å². The molecule has 2 rings (SSSR count). The molecular weight excluding hydrogens is 298 g/mol. The van der Waals surface area contributed by atoms with Gasteiger partial charge in [0.2, 0.25) is 5.91 Å². The maximum atomic E-state index is 12.0. The molecule has 2 unspecified atom stereocenters. The minimum atomic E-state index is -0.954. The summed E-state index contributed by atoms with van der Waals surface area (Å²) in [6.07, 6.45) is 1.74. The lowest BCUT2D eigenvalue weighted by molar-refractivity contribution is -0.142. The maximum Gasteiger partial charge on any atom is 0.326 e. The molecule has 0 aliphatic heterocycles. The molecule has 0 spiro atoms. The van der Waals surface area contributed by atoms with Crippen molar-refractivity contribution >= 4 is 35.2 Å². The van der Waals surface area contributed by atoms with Gasteiger partial charge in [-0.3, -0.25) is 4.79 Å². The van der Waals surface area contributed by atoms with Crippen LogP contribution in [0.4, 0.5) is 0 Å². The number of nitrogens with one attached hydrogen (secondary N) is 1. The van der Waals surface area contributed by atoms with Gasteiger partial charge < -0.3 is 10.4 Å². The zero-order valence-corrected chi connectivity index (χ0v) is 12.6. The molecule has 0 aromatic heterocycles. The summed E-state index contributed by atoms with van der Waals surface area (Å²) in [4.78, 5) is 24.1. The van der Waals surface area contributed by atoms with E-state index in [1.807, 2.05) is 12.1 Å². The van der Waals surface area contributed by atoms with Crippen LogP contribution in [0.25, 0.3) is 0 Å². The zero-order chi connectivity index (χ0) is 14.7. The second kappa shape index (κ2) is 6.50. The van der Waals surface area contributed by atoms with Gasteiger partial charge in [-0.05, 0) is 49.9 Å². The van der Waals surface area contributed by atoms with Crippen LogP contribution in [0.3, 0.4) is 0 Å². The second-order valence-corrected chi connectivity index (χ2v) is 6.73. The lowest BCUT2D eigenvalue weighted by Crippen LogP contribution is -2.45. The molecule has 2 atom stereocenters. The summed E-state index contributed by atoms with van der Waals surface area (Å²) in [7, 11) is 0. The molecule has 1 aliphatic carbocycles. The molecule has 0 bridgehead atoms. The summed E-state index contributed by atoms with van der Waals surface area (Å²) in [6, 6.07) is 6.45. The first-order chi connectivity index (χ1) is 9.47. The van der Waals surface area contributed by atoms with E-state index in [0.717, 1.165) is 17.7 Å². The molecule has 1 aliphatic rings. The molecule has 20 heavy (non-hydrogen) atoms. The fourth-order valence-electron chi connectivity index (χ4n) is 1.85. The highest BCUT2D eigenvalue weighted by Gasteiger charge is 2.37. The van der Waals surface area contributed by atoms with Gasteiger partial charge in [0.05, 0.1) is 5.25 Å². The van der Waals surface area contributed by atoms with Crippen LogP contribution in [0.2, 0.25) is 5.02 Å². The first-order valence-electron chi connectivity index (χ1n) is 6.43. The molecule has 108 valence electrons. The number of carboxylic acid groups (broad SMARTS) is 1. The Balaban J connectivity index is 1.91. The number of carbonyl (C=O) groups is 2. The molecule has 1 aromatic rings. The standard InChI is InChI=1S/C14H16ClNO3S/c1-8(20-11-6-4-10(15)5-7-11)13(17)16-12(14(18)19)9-2-3-9/h4-9,12H,2-3H2,1H3,(H,16,17)(H,18,19). The molecule has 1 fully saturated rings. The molecule has 1 saturated carbocycles. The van der Waals surface area contributed by atoms with E-state index in [1.54, 1.807) is 19.1 Å². The third-order valence-corrected chi connectivity index (χ3v) is 4.52. The molecule has 1 amide bonds. The van der Waals surface area contributed by atoms with E-state index in [9.17, 15) is 9.59 Å². The second-order valence-electron chi connectivity index (χ2n) is 4.88. The van der Waals surface area contributed by atoms with Crippen molar-refractivity contribution in [2.75, 3.05) is 0 Å². The molecule has 6 heteroatoms. The van der Waals surface area contributed by atoms with Crippen LogP contribution in [0, 0.1) is 5.92 Å². The maximum absolute atomic E-state index is 12.0. The Morgan fingerprint density at radius 1 is 1.35 bits per heavy atom. The Labute approximate surface area is 126 Å². The summed E-state index contributed by atoms with van der Waals surface area (Å²) in [5.74, 6) is -1.11. The van der Waals surface area contributed by atoms with Crippen molar-refractivity contribution < 1.29 is 14.7 Å². The van der Waals surface area contributed by atoms with E-state index in [-0.39, 0.29) is 17.1 Å². The number of amides is 1. The van der Waals surface area contributed by atoms with Crippen molar-refractivity contribution in [1.29, 1.82) is 0 Å². The molecular formula is C14H16ClNO3S. The van der Waals surface area contributed by atoms with Gasteiger partial charge >= 0.3 is 5.97 Å². The number of carboxylic acids is 1. The topological polar surface area (TPSA) is 66.4 Å². The summed E-state index contributed by atoms with van der Waals surface area (Å²) in [5, 5.41) is 12.0. The fourth-order valence-corrected chi connectivity index (χ4v) is 2.85. The van der Waals surface area contributed by atoms with Crippen LogP contribution in [0.15, 0.2) is 29.2 Å². The Hall–Kier alpha value is -1.20. The summed E-state index contributed by atoms with van der Waals surface area (Å²) in [6.45, 7) is 1.76. The fraction of sp³-hybridized carbons (Fsp3) is 0.429. The quantitative estimate of drug-likeness (QED) is 0.793. The summed E-state index contributed by atoms with van der Waals surface area (Å²) < 4.78 is 0. The number of hydrogen-bond acceptors (Lipinski definition) is 3. The summed E-state index contributed by atoms with van der Waals surface area (Å²) >= 11 is 7.19. The van der Waals surface area contributed by atoms with Gasteiger partial charge in [0.15, 0.2) is 0 Å². The normalized spacial score (nSPS) is 17.3. The Morgan fingerprint density at radius 3 is 2.45 bits per heavy atom. The molecule has 0 heterocycles. The SMILES string of the molecule is CC(Sc1ccc(Cl)cc1)C(=O)NC(C(=O)O)C1CC1. The van der Waals surface area contributed by atoms with Gasteiger partial charge in [-0.15, -0.1) is 11.8 Å². The molecule has 4 nitrogen and oxygen atoms in total. The number of aliphatic carboxylic acids is 1. The first-order valence-corrected chi connectivity index (χ1v) is 7.68. The highest BCUT2D eigenvalue weighted by atomic mass is 35.5. The summed E-state index contributed by atoms with van der Waals surface area (Å²) in [5.41, 5.74) is 0. The van der Waals surface area contributed by atoms with Crippen molar-refractivity contribution in [1.82, 2.24) is 5.32 Å². The number of carbonyl (C=O) groups excluding carboxylic acids is 1. The minimum Gasteiger partial charge on any atom is -0.480 e. The van der Waals surface area contributed by atoms with Gasteiger partial charge in [-0.1, -0.05) is 11.6 Å². The largest absolute Gasteiger partial charge is 0.480 e. The van der Waals surface area contributed by atoms with Gasteiger partial charge in [0, 0.05) is 9.92 Å². The Morgan fingerprint density at radius 2 is 1.95 bits per heavy atom. The first kappa shape index (κ1) is 15.2. The van der Waals surface area contributed by atoms with Gasteiger partial charge in [0.1, 0.15) is 6.04 Å².